The van der Waals surface area contributed by atoms with Gasteiger partial charge >= 0.3 is 0 Å². The summed E-state index contributed by atoms with van der Waals surface area (Å²) in [6.07, 6.45) is 2.93. The van der Waals surface area contributed by atoms with Crippen LogP contribution in [0, 0.1) is 19.8 Å². The average Bonchev–Trinajstić information content (AvgIpc) is 2.52. The molecule has 4 nitrogen and oxygen atoms in total. The fraction of sp³-hybridized carbons (Fsp3) is 0.450. The molecule has 0 spiro atoms. The molecular weight excluding hydrogens is 330 g/mol. The van der Waals surface area contributed by atoms with Gasteiger partial charge in [-0.3, -0.25) is 0 Å². The van der Waals surface area contributed by atoms with Crippen LogP contribution in [-0.4, -0.2) is 23.9 Å². The van der Waals surface area contributed by atoms with Crippen molar-refractivity contribution < 1.29 is 4.74 Å². The molecule has 5 heteroatoms. The van der Waals surface area contributed by atoms with Crippen LogP contribution in [0.5, 0.6) is 5.75 Å². The van der Waals surface area contributed by atoms with Gasteiger partial charge in [0.1, 0.15) is 18.2 Å². The van der Waals surface area contributed by atoms with E-state index in [1.165, 1.54) is 23.1 Å². The number of ether oxygens (including phenoxy) is 1. The summed E-state index contributed by atoms with van der Waals surface area (Å²) in [5, 5.41) is 0. The molecule has 0 radical (unpaired) electrons. The molecule has 0 aliphatic carbocycles. The summed E-state index contributed by atoms with van der Waals surface area (Å²) < 4.78 is 9.19. The summed E-state index contributed by atoms with van der Waals surface area (Å²) in [5.41, 5.74) is 10.6. The molecule has 3 N–H and O–H groups in total. The molecule has 1 aromatic heterocycles. The molecule has 2 aromatic rings. The minimum atomic E-state index is 0.0359. The number of nitrogens with two attached hydrogens (primary N) is 1. The van der Waals surface area contributed by atoms with Gasteiger partial charge in [0, 0.05) is 30.0 Å². The van der Waals surface area contributed by atoms with Crippen LogP contribution < -0.4 is 15.2 Å². The Morgan fingerprint density at radius 2 is 1.88 bits per heavy atom. The Hall–Kier alpha value is -1.72. The SMILES string of the molecule is CSNc1cc(OCC(N)CC(C)C)cc(-c2c(C)cccc2C)n1. The molecule has 0 amide bonds. The van der Waals surface area contributed by atoms with E-state index in [1.807, 2.05) is 18.4 Å². The Morgan fingerprint density at radius 3 is 2.48 bits per heavy atom. The number of anilines is 1. The van der Waals surface area contributed by atoms with Crippen LogP contribution in [0.25, 0.3) is 11.3 Å². The highest BCUT2D eigenvalue weighted by molar-refractivity contribution is 7.99. The van der Waals surface area contributed by atoms with Crippen molar-refractivity contribution in [3.63, 3.8) is 0 Å². The van der Waals surface area contributed by atoms with Crippen molar-refractivity contribution >= 4 is 17.8 Å². The lowest BCUT2D eigenvalue weighted by Crippen LogP contribution is -2.29. The first kappa shape index (κ1) is 19.6. The first-order valence-electron chi connectivity index (χ1n) is 8.66. The summed E-state index contributed by atoms with van der Waals surface area (Å²) in [7, 11) is 0. The standard InChI is InChI=1S/C20H29N3OS/c1-13(2)9-16(21)12-24-17-10-18(22-19(11-17)23-25-5)20-14(3)7-6-8-15(20)4/h6-8,10-11,13,16H,9,12,21H2,1-5H3,(H,22,23). The Kier molecular flexibility index (Phi) is 7.14. The molecule has 1 aromatic carbocycles. The highest BCUT2D eigenvalue weighted by Crippen LogP contribution is 2.30. The van der Waals surface area contributed by atoms with Gasteiger partial charge in [0.25, 0.3) is 0 Å². The third kappa shape index (κ3) is 5.65. The van der Waals surface area contributed by atoms with Gasteiger partial charge in [-0.1, -0.05) is 44.0 Å². The number of nitrogens with zero attached hydrogens (tertiary/aromatic N) is 1. The molecule has 0 saturated carbocycles. The second-order valence-corrected chi connectivity index (χ2v) is 7.46. The highest BCUT2D eigenvalue weighted by atomic mass is 32.2. The largest absolute Gasteiger partial charge is 0.492 e. The fourth-order valence-electron chi connectivity index (χ4n) is 2.97. The van der Waals surface area contributed by atoms with E-state index in [2.05, 4.69) is 50.6 Å². The predicted octanol–water partition coefficient (Wildman–Crippen LogP) is 4.81. The second kappa shape index (κ2) is 9.11. The number of nitrogens with one attached hydrogen (secondary N) is 1. The van der Waals surface area contributed by atoms with E-state index in [1.54, 1.807) is 0 Å². The lowest BCUT2D eigenvalue weighted by Gasteiger charge is -2.17. The van der Waals surface area contributed by atoms with Gasteiger partial charge in [0.15, 0.2) is 0 Å². The third-order valence-electron chi connectivity index (χ3n) is 3.98. The third-order valence-corrected chi connectivity index (χ3v) is 4.39. The van der Waals surface area contributed by atoms with Gasteiger partial charge in [-0.25, -0.2) is 4.98 Å². The lowest BCUT2D eigenvalue weighted by atomic mass is 9.99. The van der Waals surface area contributed by atoms with Gasteiger partial charge in [-0.15, -0.1) is 0 Å². The van der Waals surface area contributed by atoms with Gasteiger partial charge in [-0.2, -0.15) is 0 Å². The van der Waals surface area contributed by atoms with Crippen LogP contribution in [0.1, 0.15) is 31.4 Å². The van der Waals surface area contributed by atoms with E-state index < -0.39 is 0 Å². The van der Waals surface area contributed by atoms with Crippen LogP contribution >= 0.6 is 11.9 Å². The number of pyridine rings is 1. The summed E-state index contributed by atoms with van der Waals surface area (Å²) in [5.74, 6) is 2.15. The zero-order valence-electron chi connectivity index (χ0n) is 15.8. The molecule has 1 atom stereocenters. The molecule has 0 saturated heterocycles. The maximum absolute atomic E-state index is 6.16. The number of benzene rings is 1. The second-order valence-electron chi connectivity index (χ2n) is 6.85. The molecule has 1 heterocycles. The Balaban J connectivity index is 2.30. The number of rotatable bonds is 8. The number of aromatic nitrogens is 1. The number of hydrogen-bond donors (Lipinski definition) is 2. The lowest BCUT2D eigenvalue weighted by molar-refractivity contribution is 0.271. The van der Waals surface area contributed by atoms with Gasteiger partial charge in [-0.05, 0) is 37.3 Å². The molecule has 1 unspecified atom stereocenters. The first-order valence-corrected chi connectivity index (χ1v) is 9.89. The quantitative estimate of drug-likeness (QED) is 0.663. The van der Waals surface area contributed by atoms with E-state index in [-0.39, 0.29) is 6.04 Å². The topological polar surface area (TPSA) is 60.2 Å². The van der Waals surface area contributed by atoms with Crippen molar-refractivity contribution in [2.45, 2.75) is 40.2 Å². The van der Waals surface area contributed by atoms with Gasteiger partial charge < -0.3 is 15.2 Å². The van der Waals surface area contributed by atoms with Crippen molar-refractivity contribution in [3.05, 3.63) is 41.5 Å². The van der Waals surface area contributed by atoms with Crippen molar-refractivity contribution in [2.24, 2.45) is 11.7 Å². The van der Waals surface area contributed by atoms with Crippen molar-refractivity contribution in [2.75, 3.05) is 17.6 Å². The maximum Gasteiger partial charge on any atom is 0.140 e. The Bertz CT molecular complexity index is 683. The van der Waals surface area contributed by atoms with Gasteiger partial charge in [0.2, 0.25) is 0 Å². The van der Waals surface area contributed by atoms with Crippen LogP contribution in [0.4, 0.5) is 5.82 Å². The van der Waals surface area contributed by atoms with Crippen LogP contribution in [0.15, 0.2) is 30.3 Å². The molecule has 0 bridgehead atoms. The molecule has 0 aliphatic heterocycles. The highest BCUT2D eigenvalue weighted by Gasteiger charge is 2.12. The monoisotopic (exact) mass is 359 g/mol. The summed E-state index contributed by atoms with van der Waals surface area (Å²) in [6.45, 7) is 9.07. The average molecular weight is 360 g/mol. The van der Waals surface area contributed by atoms with Crippen LogP contribution in [0.2, 0.25) is 0 Å². The summed E-state index contributed by atoms with van der Waals surface area (Å²) in [6, 6.07) is 10.3. The molecule has 25 heavy (non-hydrogen) atoms. The summed E-state index contributed by atoms with van der Waals surface area (Å²) in [4.78, 5) is 4.75. The first-order chi connectivity index (χ1) is 11.9. The molecule has 136 valence electrons. The minimum Gasteiger partial charge on any atom is -0.492 e. The summed E-state index contributed by atoms with van der Waals surface area (Å²) >= 11 is 1.52. The Morgan fingerprint density at radius 1 is 1.20 bits per heavy atom. The molecular formula is C20H29N3OS. The van der Waals surface area contributed by atoms with E-state index in [0.717, 1.165) is 29.2 Å². The molecule has 2 rings (SSSR count). The van der Waals surface area contributed by atoms with Crippen molar-refractivity contribution in [1.82, 2.24) is 4.98 Å². The normalized spacial score (nSPS) is 12.3. The van der Waals surface area contributed by atoms with E-state index in [4.69, 9.17) is 15.5 Å². The Labute approximate surface area is 155 Å². The fourth-order valence-corrected chi connectivity index (χ4v) is 3.28. The number of hydrogen-bond acceptors (Lipinski definition) is 5. The van der Waals surface area contributed by atoms with E-state index >= 15 is 0 Å². The molecule has 0 fully saturated rings. The van der Waals surface area contributed by atoms with Crippen LogP contribution in [-0.2, 0) is 0 Å². The van der Waals surface area contributed by atoms with E-state index in [9.17, 15) is 0 Å². The smallest absolute Gasteiger partial charge is 0.140 e. The predicted molar refractivity (Wildman–Crippen MR) is 109 cm³/mol. The van der Waals surface area contributed by atoms with E-state index in [0.29, 0.717) is 12.5 Å². The minimum absolute atomic E-state index is 0.0359. The van der Waals surface area contributed by atoms with Crippen LogP contribution in [0.3, 0.4) is 0 Å². The zero-order chi connectivity index (χ0) is 18.4. The zero-order valence-corrected chi connectivity index (χ0v) is 16.6. The van der Waals surface area contributed by atoms with Crippen molar-refractivity contribution in [3.8, 4) is 17.0 Å². The van der Waals surface area contributed by atoms with Gasteiger partial charge in [0.05, 0.1) is 5.69 Å². The maximum atomic E-state index is 6.16. The van der Waals surface area contributed by atoms with Crippen molar-refractivity contribution in [1.29, 1.82) is 0 Å². The molecule has 0 aliphatic rings. The number of aryl methyl sites for hydroxylation is 2.